The summed E-state index contributed by atoms with van der Waals surface area (Å²) in [4.78, 5) is 84.4. The predicted octanol–water partition coefficient (Wildman–Crippen LogP) is -0.358. The Kier molecular flexibility index (Phi) is 16.0. The zero-order valence-corrected chi connectivity index (χ0v) is 26.8. The van der Waals surface area contributed by atoms with Crippen LogP contribution in [0.3, 0.4) is 0 Å². The molecule has 0 aliphatic carbocycles. The molecule has 7 N–H and O–H groups in total. The number of anilines is 1. The maximum atomic E-state index is 13.0. The average Bonchev–Trinajstić information content (AvgIpc) is 3.04. The summed E-state index contributed by atoms with van der Waals surface area (Å²) in [5.41, 5.74) is 5.83. The number of rotatable bonds is 19. The Hall–Kier alpha value is -5.66. The Labute approximate surface area is 279 Å². The SMILES string of the molecule is COCCOCC(=O)N[C@H](C(=O)N[C@@H](C)C(=O)N[C@@H](CC(N)=O)C(=O)Nc1ccc(COC(=O)Oc2ccc([N+](=O)[O-])cc2)cc1)C(C)O. The first-order chi connectivity index (χ1) is 23.2. The number of primary amides is 1. The lowest BCUT2D eigenvalue weighted by Crippen LogP contribution is -2.58. The zero-order valence-electron chi connectivity index (χ0n) is 26.8. The largest absolute Gasteiger partial charge is 0.514 e. The average molecular weight is 691 g/mol. The van der Waals surface area contributed by atoms with Crippen LogP contribution in [-0.4, -0.2) is 96.9 Å². The molecule has 2 aromatic rings. The number of nitrogens with zero attached hydrogens (tertiary/aromatic N) is 1. The van der Waals surface area contributed by atoms with Crippen molar-refractivity contribution < 1.29 is 57.7 Å². The van der Waals surface area contributed by atoms with Crippen LogP contribution < -0.4 is 31.7 Å². The molecule has 0 spiro atoms. The van der Waals surface area contributed by atoms with Crippen LogP contribution in [0.2, 0.25) is 0 Å². The van der Waals surface area contributed by atoms with Gasteiger partial charge in [-0.2, -0.15) is 0 Å². The van der Waals surface area contributed by atoms with E-state index in [4.69, 9.17) is 24.7 Å². The maximum absolute atomic E-state index is 13.0. The van der Waals surface area contributed by atoms with Gasteiger partial charge in [0.1, 0.15) is 37.1 Å². The van der Waals surface area contributed by atoms with Crippen molar-refractivity contribution in [2.45, 2.75) is 51.1 Å². The first-order valence-electron chi connectivity index (χ1n) is 14.6. The van der Waals surface area contributed by atoms with Crippen molar-refractivity contribution in [1.29, 1.82) is 0 Å². The number of aliphatic hydroxyl groups excluding tert-OH is 1. The zero-order chi connectivity index (χ0) is 36.5. The van der Waals surface area contributed by atoms with Gasteiger partial charge in [0.05, 0.1) is 30.7 Å². The minimum absolute atomic E-state index is 0.0380. The highest BCUT2D eigenvalue weighted by Crippen LogP contribution is 2.18. The molecular formula is C30H38N6O13. The lowest BCUT2D eigenvalue weighted by atomic mass is 10.1. The molecule has 2 rings (SSSR count). The van der Waals surface area contributed by atoms with Crippen molar-refractivity contribution >= 4 is 47.1 Å². The molecule has 0 aromatic heterocycles. The van der Waals surface area contributed by atoms with Crippen LogP contribution in [0, 0.1) is 10.1 Å². The van der Waals surface area contributed by atoms with Crippen molar-refractivity contribution in [1.82, 2.24) is 16.0 Å². The number of nitrogens with two attached hydrogens (primary N) is 1. The van der Waals surface area contributed by atoms with Crippen molar-refractivity contribution in [2.75, 3.05) is 32.2 Å². The number of hydrogen-bond acceptors (Lipinski definition) is 13. The molecule has 4 atom stereocenters. The Balaban J connectivity index is 1.92. The summed E-state index contributed by atoms with van der Waals surface area (Å²) in [6, 6.07) is 6.57. The van der Waals surface area contributed by atoms with E-state index in [1.807, 2.05) is 0 Å². The molecular weight excluding hydrogens is 652 g/mol. The highest BCUT2D eigenvalue weighted by atomic mass is 16.7. The van der Waals surface area contributed by atoms with Gasteiger partial charge in [0.2, 0.25) is 29.5 Å². The first kappa shape index (κ1) is 39.5. The van der Waals surface area contributed by atoms with Gasteiger partial charge in [0, 0.05) is 24.9 Å². The van der Waals surface area contributed by atoms with E-state index in [0.29, 0.717) is 5.56 Å². The number of methoxy groups -OCH3 is 1. The Morgan fingerprint density at radius 1 is 0.898 bits per heavy atom. The van der Waals surface area contributed by atoms with Crippen LogP contribution in [0.1, 0.15) is 25.8 Å². The molecule has 0 fully saturated rings. The van der Waals surface area contributed by atoms with Gasteiger partial charge in [-0.3, -0.25) is 34.1 Å². The van der Waals surface area contributed by atoms with E-state index in [1.54, 1.807) is 0 Å². The van der Waals surface area contributed by atoms with Gasteiger partial charge in [-0.15, -0.1) is 0 Å². The number of carbonyl (C=O) groups is 6. The molecule has 49 heavy (non-hydrogen) atoms. The second-order valence-electron chi connectivity index (χ2n) is 10.4. The molecule has 19 nitrogen and oxygen atoms in total. The Morgan fingerprint density at radius 3 is 2.12 bits per heavy atom. The molecule has 5 amide bonds. The van der Waals surface area contributed by atoms with Crippen molar-refractivity contribution in [3.8, 4) is 5.75 Å². The van der Waals surface area contributed by atoms with Gasteiger partial charge < -0.3 is 51.1 Å². The normalized spacial score (nSPS) is 13.1. The van der Waals surface area contributed by atoms with Crippen molar-refractivity contribution in [3.05, 3.63) is 64.2 Å². The molecule has 0 aliphatic heterocycles. The van der Waals surface area contributed by atoms with Gasteiger partial charge in [-0.1, -0.05) is 12.1 Å². The molecule has 1 unspecified atom stereocenters. The van der Waals surface area contributed by atoms with Gasteiger partial charge in [-0.05, 0) is 43.7 Å². The van der Waals surface area contributed by atoms with Crippen molar-refractivity contribution in [2.24, 2.45) is 5.73 Å². The summed E-state index contributed by atoms with van der Waals surface area (Å²) >= 11 is 0. The van der Waals surface area contributed by atoms with Crippen LogP contribution in [0.4, 0.5) is 16.2 Å². The van der Waals surface area contributed by atoms with Crippen LogP contribution in [0.5, 0.6) is 5.75 Å². The van der Waals surface area contributed by atoms with E-state index in [-0.39, 0.29) is 36.9 Å². The predicted molar refractivity (Wildman–Crippen MR) is 169 cm³/mol. The summed E-state index contributed by atoms with van der Waals surface area (Å²) in [6.07, 6.45) is -2.99. The monoisotopic (exact) mass is 690 g/mol. The van der Waals surface area contributed by atoms with Gasteiger partial charge in [0.25, 0.3) is 5.69 Å². The summed E-state index contributed by atoms with van der Waals surface area (Å²) in [5, 5.41) is 30.2. The minimum Gasteiger partial charge on any atom is -0.429 e. The number of carbonyl (C=O) groups excluding carboxylic acids is 6. The fraction of sp³-hybridized carbons (Fsp3) is 0.400. The number of hydrogen-bond donors (Lipinski definition) is 6. The van der Waals surface area contributed by atoms with Crippen LogP contribution in [-0.2, 0) is 44.8 Å². The third-order valence-corrected chi connectivity index (χ3v) is 6.36. The molecule has 0 aliphatic rings. The number of amides is 5. The number of nitro benzene ring substituents is 1. The molecule has 0 saturated carbocycles. The number of aliphatic hydroxyl groups is 1. The lowest BCUT2D eigenvalue weighted by molar-refractivity contribution is -0.384. The molecule has 0 saturated heterocycles. The third-order valence-electron chi connectivity index (χ3n) is 6.36. The minimum atomic E-state index is -1.45. The number of benzene rings is 2. The van der Waals surface area contributed by atoms with Crippen LogP contribution in [0.25, 0.3) is 0 Å². The van der Waals surface area contributed by atoms with Gasteiger partial charge in [-0.25, -0.2) is 4.79 Å². The first-order valence-corrected chi connectivity index (χ1v) is 14.6. The number of nitro groups is 1. The molecule has 266 valence electrons. The Morgan fingerprint density at radius 2 is 1.55 bits per heavy atom. The summed E-state index contributed by atoms with van der Waals surface area (Å²) in [7, 11) is 1.45. The maximum Gasteiger partial charge on any atom is 0.514 e. The standard InChI is InChI=1S/C30H38N6O13/c1-17(32-29(42)26(18(2)37)35-25(39)16-47-13-12-46-3)27(40)34-23(14-24(31)38)28(41)33-20-6-4-19(5-7-20)15-48-30(43)49-22-10-8-21(9-11-22)36(44)45/h4-11,17-18,23,26,37H,12-16H2,1-3H3,(H2,31,38)(H,32,42)(H,33,41)(H,34,40)(H,35,39)/t17-,18?,23-,26-/m0/s1. The molecule has 19 heteroatoms. The van der Waals surface area contributed by atoms with Crippen molar-refractivity contribution in [3.63, 3.8) is 0 Å². The van der Waals surface area contributed by atoms with E-state index in [9.17, 15) is 44.0 Å². The summed E-state index contributed by atoms with van der Waals surface area (Å²) in [5.74, 6) is -4.16. The smallest absolute Gasteiger partial charge is 0.429 e. The van der Waals surface area contributed by atoms with E-state index >= 15 is 0 Å². The second-order valence-corrected chi connectivity index (χ2v) is 10.4. The third kappa shape index (κ3) is 14.3. The fourth-order valence-corrected chi connectivity index (χ4v) is 3.82. The summed E-state index contributed by atoms with van der Waals surface area (Å²) in [6.45, 7) is 2.28. The van der Waals surface area contributed by atoms with E-state index in [1.165, 1.54) is 57.4 Å². The topological polar surface area (TPSA) is 277 Å². The van der Waals surface area contributed by atoms with E-state index in [2.05, 4.69) is 21.3 Å². The van der Waals surface area contributed by atoms with Gasteiger partial charge >= 0.3 is 6.16 Å². The lowest BCUT2D eigenvalue weighted by Gasteiger charge is -2.24. The Bertz CT molecular complexity index is 1470. The number of non-ortho nitro benzene ring substituents is 1. The van der Waals surface area contributed by atoms with Crippen LogP contribution in [0.15, 0.2) is 48.5 Å². The summed E-state index contributed by atoms with van der Waals surface area (Å²) < 4.78 is 19.9. The molecule has 0 heterocycles. The van der Waals surface area contributed by atoms with E-state index in [0.717, 1.165) is 12.1 Å². The molecule has 0 radical (unpaired) electrons. The highest BCUT2D eigenvalue weighted by molar-refractivity contribution is 6.00. The van der Waals surface area contributed by atoms with Gasteiger partial charge in [0.15, 0.2) is 0 Å². The quantitative estimate of drug-likeness (QED) is 0.0362. The molecule has 2 aromatic carbocycles. The second kappa shape index (κ2) is 19.9. The molecule has 0 bridgehead atoms. The number of ether oxygens (including phenoxy) is 4. The van der Waals surface area contributed by atoms with E-state index < -0.39 is 77.9 Å². The number of nitrogens with one attached hydrogen (secondary N) is 4. The highest BCUT2D eigenvalue weighted by Gasteiger charge is 2.30. The fourth-order valence-electron chi connectivity index (χ4n) is 3.82. The van der Waals surface area contributed by atoms with Crippen LogP contribution >= 0.6 is 0 Å².